The van der Waals surface area contributed by atoms with Gasteiger partial charge in [0.2, 0.25) is 0 Å². The van der Waals surface area contributed by atoms with Crippen LogP contribution in [-0.2, 0) is 5.41 Å². The molecule has 3 heteroatoms. The van der Waals surface area contributed by atoms with E-state index < -0.39 is 6.10 Å². The second-order valence-electron chi connectivity index (χ2n) is 10.6. The van der Waals surface area contributed by atoms with Crippen LogP contribution in [-0.4, -0.2) is 23.4 Å². The first-order valence-electron chi connectivity index (χ1n) is 10.5. The number of hydrogen-bond donors (Lipinski definition) is 1. The Morgan fingerprint density at radius 1 is 0.724 bits per heavy atom. The van der Waals surface area contributed by atoms with Crippen LogP contribution >= 0.6 is 0 Å². The summed E-state index contributed by atoms with van der Waals surface area (Å²) >= 11 is 0. The summed E-state index contributed by atoms with van der Waals surface area (Å²) in [5.41, 5.74) is 2.19. The van der Waals surface area contributed by atoms with Crippen LogP contribution in [0.2, 0.25) is 0 Å². The molecule has 1 unspecified atom stereocenters. The number of aliphatic hydroxyl groups excluding tert-OH is 1. The number of aliphatic hydroxyl groups is 1. The van der Waals surface area contributed by atoms with Gasteiger partial charge < -0.3 is 14.6 Å². The lowest BCUT2D eigenvalue weighted by Crippen LogP contribution is -2.24. The summed E-state index contributed by atoms with van der Waals surface area (Å²) in [5.74, 6) is 1.67. The molecule has 0 spiro atoms. The monoisotopic (exact) mass is 398 g/mol. The van der Waals surface area contributed by atoms with Crippen LogP contribution in [0.5, 0.6) is 11.5 Å². The van der Waals surface area contributed by atoms with Crippen molar-refractivity contribution in [2.75, 3.05) is 6.61 Å². The van der Waals surface area contributed by atoms with Gasteiger partial charge in [0, 0.05) is 5.41 Å². The average molecular weight is 399 g/mol. The highest BCUT2D eigenvalue weighted by Gasteiger charge is 2.24. The van der Waals surface area contributed by atoms with Crippen LogP contribution in [0.4, 0.5) is 0 Å². The Hall–Kier alpha value is -2.00. The summed E-state index contributed by atoms with van der Waals surface area (Å²) in [6.07, 6.45) is 0.257. The fraction of sp³-hybridized carbons (Fsp3) is 0.538. The van der Waals surface area contributed by atoms with E-state index in [0.29, 0.717) is 13.0 Å². The lowest BCUT2D eigenvalue weighted by Gasteiger charge is -2.27. The van der Waals surface area contributed by atoms with Gasteiger partial charge in [-0.1, -0.05) is 58.9 Å². The summed E-state index contributed by atoms with van der Waals surface area (Å²) in [5, 5.41) is 10.1. The van der Waals surface area contributed by atoms with Gasteiger partial charge in [-0.25, -0.2) is 0 Å². The van der Waals surface area contributed by atoms with Crippen molar-refractivity contribution in [3.8, 4) is 11.5 Å². The maximum absolute atomic E-state index is 10.1. The third kappa shape index (κ3) is 7.40. The van der Waals surface area contributed by atoms with Gasteiger partial charge in [0.25, 0.3) is 0 Å². The van der Waals surface area contributed by atoms with E-state index in [1.165, 1.54) is 11.1 Å². The van der Waals surface area contributed by atoms with Gasteiger partial charge in [-0.3, -0.25) is 0 Å². The van der Waals surface area contributed by atoms with E-state index in [2.05, 4.69) is 79.7 Å². The molecule has 0 saturated carbocycles. The third-order valence-corrected chi connectivity index (χ3v) is 4.87. The SMILES string of the molecule is CC(C)(C)CC(O)COc1ccc(C(C)(C)c2ccc(OC(C)(C)C)cc2)cc1. The molecule has 0 fully saturated rings. The molecule has 0 aliphatic carbocycles. The van der Waals surface area contributed by atoms with E-state index in [1.807, 2.05) is 24.3 Å². The summed E-state index contributed by atoms with van der Waals surface area (Å²) in [6.45, 7) is 17.3. The number of rotatable bonds is 7. The Morgan fingerprint density at radius 3 is 1.59 bits per heavy atom. The van der Waals surface area contributed by atoms with Gasteiger partial charge in [-0.05, 0) is 68.0 Å². The third-order valence-electron chi connectivity index (χ3n) is 4.87. The molecule has 1 N–H and O–H groups in total. The molecule has 0 saturated heterocycles. The molecule has 0 bridgehead atoms. The van der Waals surface area contributed by atoms with Crippen molar-refractivity contribution in [1.29, 1.82) is 0 Å². The zero-order valence-corrected chi connectivity index (χ0v) is 19.4. The number of benzene rings is 2. The Morgan fingerprint density at radius 2 is 1.17 bits per heavy atom. The lowest BCUT2D eigenvalue weighted by atomic mass is 9.78. The van der Waals surface area contributed by atoms with Crippen molar-refractivity contribution in [3.05, 3.63) is 59.7 Å². The molecule has 2 aromatic rings. The molecule has 160 valence electrons. The molecule has 0 aliphatic rings. The Bertz CT molecular complexity index is 760. The van der Waals surface area contributed by atoms with E-state index in [-0.39, 0.29) is 16.4 Å². The van der Waals surface area contributed by atoms with Gasteiger partial charge in [0.15, 0.2) is 0 Å². The first-order chi connectivity index (χ1) is 13.3. The Labute approximate surface area is 177 Å². The first-order valence-corrected chi connectivity index (χ1v) is 10.5. The van der Waals surface area contributed by atoms with E-state index in [9.17, 15) is 5.11 Å². The maximum Gasteiger partial charge on any atom is 0.120 e. The highest BCUT2D eigenvalue weighted by Crippen LogP contribution is 2.34. The minimum absolute atomic E-state index is 0.0874. The lowest BCUT2D eigenvalue weighted by molar-refractivity contribution is 0.0710. The Balaban J connectivity index is 2.04. The molecule has 29 heavy (non-hydrogen) atoms. The van der Waals surface area contributed by atoms with Gasteiger partial charge in [0.05, 0.1) is 6.10 Å². The zero-order valence-electron chi connectivity index (χ0n) is 19.4. The summed E-state index contributed by atoms with van der Waals surface area (Å²) in [6, 6.07) is 16.5. The smallest absolute Gasteiger partial charge is 0.120 e. The summed E-state index contributed by atoms with van der Waals surface area (Å²) < 4.78 is 11.7. The normalized spacial score (nSPS) is 13.8. The molecular weight excluding hydrogens is 360 g/mol. The van der Waals surface area contributed by atoms with E-state index in [4.69, 9.17) is 9.47 Å². The second-order valence-corrected chi connectivity index (χ2v) is 10.6. The van der Waals surface area contributed by atoms with Crippen LogP contribution in [0.15, 0.2) is 48.5 Å². The molecule has 0 radical (unpaired) electrons. The molecule has 0 aromatic heterocycles. The fourth-order valence-corrected chi connectivity index (χ4v) is 3.39. The number of hydrogen-bond acceptors (Lipinski definition) is 3. The second kappa shape index (κ2) is 8.79. The van der Waals surface area contributed by atoms with Crippen LogP contribution in [0.1, 0.15) is 72.9 Å². The molecule has 0 heterocycles. The number of ether oxygens (including phenoxy) is 2. The first kappa shape index (κ1) is 23.3. The van der Waals surface area contributed by atoms with Crippen molar-refractivity contribution in [1.82, 2.24) is 0 Å². The summed E-state index contributed by atoms with van der Waals surface area (Å²) in [7, 11) is 0. The standard InChI is InChI=1S/C26H38O3/c1-24(2,3)17-21(27)18-28-22-13-9-19(10-14-22)26(7,8)20-11-15-23(16-12-20)29-25(4,5)6/h9-16,21,27H,17-18H2,1-8H3. The minimum atomic E-state index is -0.458. The molecule has 1 atom stereocenters. The maximum atomic E-state index is 10.1. The van der Waals surface area contributed by atoms with Gasteiger partial charge in [-0.15, -0.1) is 0 Å². The fourth-order valence-electron chi connectivity index (χ4n) is 3.39. The minimum Gasteiger partial charge on any atom is -0.491 e. The molecule has 3 nitrogen and oxygen atoms in total. The van der Waals surface area contributed by atoms with Gasteiger partial charge in [-0.2, -0.15) is 0 Å². The predicted octanol–water partition coefficient (Wildman–Crippen LogP) is 6.37. The van der Waals surface area contributed by atoms with Crippen molar-refractivity contribution in [2.45, 2.75) is 78.9 Å². The van der Waals surface area contributed by atoms with Crippen LogP contribution in [0.25, 0.3) is 0 Å². The van der Waals surface area contributed by atoms with E-state index >= 15 is 0 Å². The van der Waals surface area contributed by atoms with Gasteiger partial charge >= 0.3 is 0 Å². The highest BCUT2D eigenvalue weighted by molar-refractivity contribution is 5.41. The van der Waals surface area contributed by atoms with Gasteiger partial charge in [0.1, 0.15) is 23.7 Å². The topological polar surface area (TPSA) is 38.7 Å². The summed E-state index contributed by atoms with van der Waals surface area (Å²) in [4.78, 5) is 0. The zero-order chi connectivity index (χ0) is 21.9. The van der Waals surface area contributed by atoms with Crippen LogP contribution in [0, 0.1) is 5.41 Å². The quantitative estimate of drug-likeness (QED) is 0.589. The molecular formula is C26H38O3. The molecule has 0 aliphatic heterocycles. The van der Waals surface area contributed by atoms with Crippen molar-refractivity contribution in [3.63, 3.8) is 0 Å². The van der Waals surface area contributed by atoms with Crippen molar-refractivity contribution in [2.24, 2.45) is 5.41 Å². The molecule has 2 rings (SSSR count). The van der Waals surface area contributed by atoms with Crippen LogP contribution < -0.4 is 9.47 Å². The molecule has 0 amide bonds. The average Bonchev–Trinajstić information content (AvgIpc) is 2.58. The van der Waals surface area contributed by atoms with Crippen molar-refractivity contribution >= 4 is 0 Å². The Kier molecular flexibility index (Phi) is 7.06. The van der Waals surface area contributed by atoms with Crippen LogP contribution in [0.3, 0.4) is 0 Å². The van der Waals surface area contributed by atoms with E-state index in [1.54, 1.807) is 0 Å². The predicted molar refractivity (Wildman–Crippen MR) is 121 cm³/mol. The largest absolute Gasteiger partial charge is 0.491 e. The highest BCUT2D eigenvalue weighted by atomic mass is 16.5. The molecule has 2 aromatic carbocycles. The van der Waals surface area contributed by atoms with Crippen molar-refractivity contribution < 1.29 is 14.6 Å². The van der Waals surface area contributed by atoms with E-state index in [0.717, 1.165) is 11.5 Å².